The van der Waals surface area contributed by atoms with Gasteiger partial charge >= 0.3 is 0 Å². The van der Waals surface area contributed by atoms with Gasteiger partial charge in [0.05, 0.1) is 19.3 Å². The zero-order valence-corrected chi connectivity index (χ0v) is 7.55. The van der Waals surface area contributed by atoms with Crippen LogP contribution >= 0.6 is 0 Å². The molecule has 0 bridgehead atoms. The Morgan fingerprint density at radius 1 is 1.67 bits per heavy atom. The van der Waals surface area contributed by atoms with Gasteiger partial charge in [-0.1, -0.05) is 5.92 Å². The first kappa shape index (κ1) is 9.53. The molecule has 0 radical (unpaired) electrons. The summed E-state index contributed by atoms with van der Waals surface area (Å²) in [6, 6.07) is 0. The predicted molar refractivity (Wildman–Crippen MR) is 48.7 cm³/mol. The van der Waals surface area contributed by atoms with Crippen LogP contribution in [0.2, 0.25) is 0 Å². The lowest BCUT2D eigenvalue weighted by Crippen LogP contribution is -2.45. The third-order valence-corrected chi connectivity index (χ3v) is 1.97. The lowest BCUT2D eigenvalue weighted by atomic mass is 10.3. The van der Waals surface area contributed by atoms with Gasteiger partial charge < -0.3 is 10.5 Å². The fourth-order valence-electron chi connectivity index (χ4n) is 1.26. The molecule has 1 unspecified atom stereocenters. The zero-order chi connectivity index (χ0) is 8.81. The van der Waals surface area contributed by atoms with Crippen LogP contribution in [0.15, 0.2) is 0 Å². The van der Waals surface area contributed by atoms with Gasteiger partial charge in [-0.25, -0.2) is 0 Å². The second-order valence-corrected chi connectivity index (χ2v) is 2.89. The van der Waals surface area contributed by atoms with E-state index in [0.29, 0.717) is 6.54 Å². The Morgan fingerprint density at radius 3 is 3.17 bits per heavy atom. The second-order valence-electron chi connectivity index (χ2n) is 2.89. The molecule has 1 rings (SSSR count). The summed E-state index contributed by atoms with van der Waals surface area (Å²) >= 11 is 0. The molecule has 1 aliphatic heterocycles. The van der Waals surface area contributed by atoms with Crippen LogP contribution in [0.25, 0.3) is 0 Å². The average Bonchev–Trinajstić information content (AvgIpc) is 2.15. The van der Waals surface area contributed by atoms with Crippen molar-refractivity contribution in [2.75, 3.05) is 32.8 Å². The summed E-state index contributed by atoms with van der Waals surface area (Å²) in [7, 11) is 0. The average molecular weight is 168 g/mol. The Hall–Kier alpha value is -0.560. The van der Waals surface area contributed by atoms with Crippen molar-refractivity contribution in [1.29, 1.82) is 0 Å². The first-order chi connectivity index (χ1) is 5.86. The highest BCUT2D eigenvalue weighted by molar-refractivity contribution is 4.98. The van der Waals surface area contributed by atoms with Gasteiger partial charge in [0.1, 0.15) is 0 Å². The molecule has 0 aliphatic carbocycles. The van der Waals surface area contributed by atoms with Crippen molar-refractivity contribution in [1.82, 2.24) is 4.90 Å². The Bertz CT molecular complexity index is 183. The molecule has 0 aromatic heterocycles. The molecule has 12 heavy (non-hydrogen) atoms. The Labute approximate surface area is 73.9 Å². The molecule has 0 aromatic carbocycles. The second kappa shape index (κ2) is 5.15. The quantitative estimate of drug-likeness (QED) is 0.574. The number of morpholine rings is 1. The van der Waals surface area contributed by atoms with Crippen molar-refractivity contribution in [3.05, 3.63) is 0 Å². The largest absolute Gasteiger partial charge is 0.374 e. The minimum atomic E-state index is 0.206. The third-order valence-electron chi connectivity index (χ3n) is 1.97. The molecule has 1 heterocycles. The molecule has 68 valence electrons. The van der Waals surface area contributed by atoms with Gasteiger partial charge in [-0.3, -0.25) is 4.90 Å². The summed E-state index contributed by atoms with van der Waals surface area (Å²) in [5.41, 5.74) is 5.51. The van der Waals surface area contributed by atoms with Crippen LogP contribution in [0.5, 0.6) is 0 Å². The van der Waals surface area contributed by atoms with Gasteiger partial charge in [-0.2, -0.15) is 0 Å². The molecule has 0 saturated carbocycles. The number of rotatable bonds is 2. The molecule has 0 amide bonds. The highest BCUT2D eigenvalue weighted by atomic mass is 16.5. The minimum absolute atomic E-state index is 0.206. The summed E-state index contributed by atoms with van der Waals surface area (Å²) in [6.45, 7) is 6.00. The molecule has 1 aliphatic rings. The van der Waals surface area contributed by atoms with Crippen LogP contribution in [-0.4, -0.2) is 43.8 Å². The maximum atomic E-state index is 5.51. The maximum absolute atomic E-state index is 5.51. The molecule has 0 aromatic rings. The van der Waals surface area contributed by atoms with E-state index < -0.39 is 0 Å². The molecule has 1 atom stereocenters. The number of hydrogen-bond donors (Lipinski definition) is 1. The molecule has 1 saturated heterocycles. The fourth-order valence-corrected chi connectivity index (χ4v) is 1.26. The Kier molecular flexibility index (Phi) is 4.09. The molecule has 1 fully saturated rings. The first-order valence-electron chi connectivity index (χ1n) is 4.30. The van der Waals surface area contributed by atoms with Gasteiger partial charge in [0.15, 0.2) is 0 Å². The van der Waals surface area contributed by atoms with Crippen molar-refractivity contribution in [3.63, 3.8) is 0 Å². The predicted octanol–water partition coefficient (Wildman–Crippen LogP) is -0.331. The van der Waals surface area contributed by atoms with Crippen molar-refractivity contribution in [2.24, 2.45) is 5.73 Å². The summed E-state index contributed by atoms with van der Waals surface area (Å²) in [4.78, 5) is 2.28. The van der Waals surface area contributed by atoms with E-state index in [1.807, 2.05) is 6.92 Å². The van der Waals surface area contributed by atoms with Gasteiger partial charge in [0.25, 0.3) is 0 Å². The first-order valence-corrected chi connectivity index (χ1v) is 4.30. The number of hydrogen-bond acceptors (Lipinski definition) is 3. The maximum Gasteiger partial charge on any atom is 0.0824 e. The van der Waals surface area contributed by atoms with Crippen molar-refractivity contribution >= 4 is 0 Å². The normalized spacial score (nSPS) is 24.7. The minimum Gasteiger partial charge on any atom is -0.374 e. The number of nitrogens with zero attached hydrogens (tertiary/aromatic N) is 1. The monoisotopic (exact) mass is 168 g/mol. The van der Waals surface area contributed by atoms with Gasteiger partial charge in [0.2, 0.25) is 0 Å². The molecular weight excluding hydrogens is 152 g/mol. The summed E-state index contributed by atoms with van der Waals surface area (Å²) < 4.78 is 5.42. The smallest absolute Gasteiger partial charge is 0.0824 e. The lowest BCUT2D eigenvalue weighted by Gasteiger charge is -2.30. The van der Waals surface area contributed by atoms with E-state index in [2.05, 4.69) is 16.7 Å². The standard InChI is InChI=1S/C9H16N2O/c1-2-3-4-11-5-6-12-9(7-10)8-11/h9H,4-8,10H2,1H3. The number of ether oxygens (including phenoxy) is 1. The van der Waals surface area contributed by atoms with E-state index in [1.165, 1.54) is 0 Å². The van der Waals surface area contributed by atoms with Crippen LogP contribution in [-0.2, 0) is 4.74 Å². The van der Waals surface area contributed by atoms with Crippen LogP contribution < -0.4 is 5.73 Å². The molecule has 2 N–H and O–H groups in total. The van der Waals surface area contributed by atoms with E-state index in [4.69, 9.17) is 10.5 Å². The van der Waals surface area contributed by atoms with Crippen LogP contribution in [0.4, 0.5) is 0 Å². The summed E-state index contributed by atoms with van der Waals surface area (Å²) in [6.07, 6.45) is 0.206. The third kappa shape index (κ3) is 2.82. The lowest BCUT2D eigenvalue weighted by molar-refractivity contribution is -0.0184. The zero-order valence-electron chi connectivity index (χ0n) is 7.55. The van der Waals surface area contributed by atoms with Gasteiger partial charge in [-0.05, 0) is 6.92 Å². The van der Waals surface area contributed by atoms with Gasteiger partial charge in [0, 0.05) is 19.6 Å². The van der Waals surface area contributed by atoms with Crippen molar-refractivity contribution in [3.8, 4) is 11.8 Å². The van der Waals surface area contributed by atoms with Gasteiger partial charge in [-0.15, -0.1) is 5.92 Å². The van der Waals surface area contributed by atoms with Crippen LogP contribution in [0.3, 0.4) is 0 Å². The molecule has 0 spiro atoms. The van der Waals surface area contributed by atoms with Crippen molar-refractivity contribution in [2.45, 2.75) is 13.0 Å². The number of nitrogens with two attached hydrogens (primary N) is 1. The molecule has 3 nitrogen and oxygen atoms in total. The topological polar surface area (TPSA) is 38.5 Å². The Morgan fingerprint density at radius 2 is 2.50 bits per heavy atom. The van der Waals surface area contributed by atoms with Crippen LogP contribution in [0.1, 0.15) is 6.92 Å². The van der Waals surface area contributed by atoms with E-state index >= 15 is 0 Å². The SMILES string of the molecule is CC#CCN1CCOC(CN)C1. The van der Waals surface area contributed by atoms with Crippen LogP contribution in [0, 0.1) is 11.8 Å². The molecule has 3 heteroatoms. The van der Waals surface area contributed by atoms with E-state index in [1.54, 1.807) is 0 Å². The molecular formula is C9H16N2O. The van der Waals surface area contributed by atoms with E-state index in [-0.39, 0.29) is 6.10 Å². The Balaban J connectivity index is 2.28. The van der Waals surface area contributed by atoms with E-state index in [0.717, 1.165) is 26.2 Å². The highest BCUT2D eigenvalue weighted by Crippen LogP contribution is 2.02. The summed E-state index contributed by atoms with van der Waals surface area (Å²) in [5, 5.41) is 0. The fraction of sp³-hybridized carbons (Fsp3) is 0.778. The van der Waals surface area contributed by atoms with Crippen molar-refractivity contribution < 1.29 is 4.74 Å². The van der Waals surface area contributed by atoms with E-state index in [9.17, 15) is 0 Å². The highest BCUT2D eigenvalue weighted by Gasteiger charge is 2.17. The summed E-state index contributed by atoms with van der Waals surface area (Å²) in [5.74, 6) is 5.93.